The molecule has 1 fully saturated rings. The summed E-state index contributed by atoms with van der Waals surface area (Å²) in [5.41, 5.74) is 0.589. The van der Waals surface area contributed by atoms with Crippen LogP contribution in [0.5, 0.6) is 0 Å². The molecule has 0 saturated carbocycles. The zero-order valence-electron chi connectivity index (χ0n) is 13.0. The SMILES string of the molecule is CCOC(=O)C1CCN(C(=O)CNc2ccc(F)c(Cl)c2)CC1. The van der Waals surface area contributed by atoms with Gasteiger partial charge in [0.05, 0.1) is 24.1 Å². The maximum atomic E-state index is 13.1. The van der Waals surface area contributed by atoms with Crippen LogP contribution in [0.1, 0.15) is 19.8 Å². The van der Waals surface area contributed by atoms with Crippen molar-refractivity contribution < 1.29 is 18.7 Å². The van der Waals surface area contributed by atoms with E-state index < -0.39 is 5.82 Å². The summed E-state index contributed by atoms with van der Waals surface area (Å²) in [6, 6.07) is 4.22. The number of nitrogens with one attached hydrogen (secondary N) is 1. The fourth-order valence-corrected chi connectivity index (χ4v) is 2.70. The van der Waals surface area contributed by atoms with Gasteiger partial charge in [0.15, 0.2) is 0 Å². The molecule has 1 aromatic carbocycles. The number of esters is 1. The Hall–Kier alpha value is -1.82. The predicted molar refractivity (Wildman–Crippen MR) is 85.8 cm³/mol. The van der Waals surface area contributed by atoms with E-state index in [2.05, 4.69) is 5.32 Å². The number of halogens is 2. The molecule has 5 nitrogen and oxygen atoms in total. The lowest BCUT2D eigenvalue weighted by Gasteiger charge is -2.31. The van der Waals surface area contributed by atoms with Crippen LogP contribution in [0.25, 0.3) is 0 Å². The number of anilines is 1. The summed E-state index contributed by atoms with van der Waals surface area (Å²) in [6.07, 6.45) is 1.24. The smallest absolute Gasteiger partial charge is 0.309 e. The van der Waals surface area contributed by atoms with E-state index in [1.165, 1.54) is 18.2 Å². The fourth-order valence-electron chi connectivity index (χ4n) is 2.52. The summed E-state index contributed by atoms with van der Waals surface area (Å²) >= 11 is 5.70. The van der Waals surface area contributed by atoms with Crippen LogP contribution in [-0.4, -0.2) is 43.0 Å². The molecule has 126 valence electrons. The van der Waals surface area contributed by atoms with Gasteiger partial charge in [0.1, 0.15) is 5.82 Å². The molecule has 23 heavy (non-hydrogen) atoms. The van der Waals surface area contributed by atoms with Gasteiger partial charge in [-0.1, -0.05) is 11.6 Å². The largest absolute Gasteiger partial charge is 0.466 e. The number of piperidine rings is 1. The minimum Gasteiger partial charge on any atom is -0.466 e. The Labute approximate surface area is 139 Å². The molecular weight excluding hydrogens is 323 g/mol. The van der Waals surface area contributed by atoms with Crippen molar-refractivity contribution in [3.63, 3.8) is 0 Å². The molecule has 0 spiro atoms. The van der Waals surface area contributed by atoms with Crippen molar-refractivity contribution in [2.75, 3.05) is 31.6 Å². The highest BCUT2D eigenvalue weighted by Crippen LogP contribution is 2.20. The van der Waals surface area contributed by atoms with E-state index in [9.17, 15) is 14.0 Å². The quantitative estimate of drug-likeness (QED) is 0.836. The number of ether oxygens (including phenoxy) is 1. The number of rotatable bonds is 5. The van der Waals surface area contributed by atoms with Crippen LogP contribution in [-0.2, 0) is 14.3 Å². The molecule has 2 rings (SSSR count). The van der Waals surface area contributed by atoms with E-state index in [0.29, 0.717) is 38.2 Å². The molecule has 0 aliphatic carbocycles. The summed E-state index contributed by atoms with van der Waals surface area (Å²) in [4.78, 5) is 25.5. The van der Waals surface area contributed by atoms with Gasteiger partial charge in [-0.15, -0.1) is 0 Å². The average molecular weight is 343 g/mol. The predicted octanol–water partition coefficient (Wildman–Crippen LogP) is 2.69. The maximum Gasteiger partial charge on any atom is 0.309 e. The van der Waals surface area contributed by atoms with E-state index >= 15 is 0 Å². The second kappa shape index (κ2) is 8.15. The molecule has 0 radical (unpaired) electrons. The zero-order valence-corrected chi connectivity index (χ0v) is 13.7. The van der Waals surface area contributed by atoms with Gasteiger partial charge in [0.2, 0.25) is 5.91 Å². The molecule has 1 heterocycles. The van der Waals surface area contributed by atoms with E-state index in [4.69, 9.17) is 16.3 Å². The van der Waals surface area contributed by atoms with Gasteiger partial charge in [0, 0.05) is 18.8 Å². The monoisotopic (exact) mass is 342 g/mol. The van der Waals surface area contributed by atoms with Crippen LogP contribution in [0.2, 0.25) is 5.02 Å². The molecule has 1 aromatic rings. The number of likely N-dealkylation sites (tertiary alicyclic amines) is 1. The lowest BCUT2D eigenvalue weighted by molar-refractivity contribution is -0.151. The highest BCUT2D eigenvalue weighted by molar-refractivity contribution is 6.31. The van der Waals surface area contributed by atoms with Gasteiger partial charge in [-0.05, 0) is 38.0 Å². The molecule has 1 amide bonds. The first-order valence-electron chi connectivity index (χ1n) is 7.64. The summed E-state index contributed by atoms with van der Waals surface area (Å²) in [7, 11) is 0. The Bertz CT molecular complexity index is 574. The first-order chi connectivity index (χ1) is 11.0. The van der Waals surface area contributed by atoms with Gasteiger partial charge in [-0.3, -0.25) is 9.59 Å². The molecule has 0 atom stereocenters. The van der Waals surface area contributed by atoms with Crippen LogP contribution in [0.15, 0.2) is 18.2 Å². The molecular formula is C16H20ClFN2O3. The van der Waals surface area contributed by atoms with Crippen molar-refractivity contribution >= 4 is 29.2 Å². The number of carbonyl (C=O) groups excluding carboxylic acids is 2. The Morgan fingerprint density at radius 1 is 1.39 bits per heavy atom. The number of nitrogens with zero attached hydrogens (tertiary/aromatic N) is 1. The Morgan fingerprint density at radius 3 is 2.70 bits per heavy atom. The molecule has 0 bridgehead atoms. The number of amides is 1. The second-order valence-electron chi connectivity index (χ2n) is 5.39. The standard InChI is InChI=1S/C16H20ClFN2O3/c1-2-23-16(22)11-5-7-20(8-6-11)15(21)10-19-12-3-4-14(18)13(17)9-12/h3-4,9,11,19H,2,5-8,10H2,1H3. The highest BCUT2D eigenvalue weighted by Gasteiger charge is 2.27. The maximum absolute atomic E-state index is 13.1. The fraction of sp³-hybridized carbons (Fsp3) is 0.500. The number of hydrogen-bond donors (Lipinski definition) is 1. The minimum absolute atomic E-state index is 0.0118. The van der Waals surface area contributed by atoms with Gasteiger partial charge >= 0.3 is 5.97 Å². The molecule has 0 unspecified atom stereocenters. The van der Waals surface area contributed by atoms with Crippen LogP contribution < -0.4 is 5.32 Å². The molecule has 7 heteroatoms. The third-order valence-corrected chi connectivity index (χ3v) is 4.12. The van der Waals surface area contributed by atoms with Gasteiger partial charge in [-0.2, -0.15) is 0 Å². The van der Waals surface area contributed by atoms with Crippen LogP contribution in [0.3, 0.4) is 0 Å². The van der Waals surface area contributed by atoms with E-state index in [1.54, 1.807) is 11.8 Å². The van der Waals surface area contributed by atoms with Crippen LogP contribution in [0, 0.1) is 11.7 Å². The minimum atomic E-state index is -0.496. The van der Waals surface area contributed by atoms with Crippen molar-refractivity contribution in [1.82, 2.24) is 4.90 Å². The normalized spacial score (nSPS) is 15.3. The van der Waals surface area contributed by atoms with Crippen molar-refractivity contribution in [1.29, 1.82) is 0 Å². The molecule has 1 aliphatic rings. The third-order valence-electron chi connectivity index (χ3n) is 3.83. The van der Waals surface area contributed by atoms with Crippen molar-refractivity contribution in [2.24, 2.45) is 5.92 Å². The topological polar surface area (TPSA) is 58.6 Å². The Morgan fingerprint density at radius 2 is 2.09 bits per heavy atom. The average Bonchev–Trinajstić information content (AvgIpc) is 2.56. The van der Waals surface area contributed by atoms with Gasteiger partial charge < -0.3 is 15.0 Å². The summed E-state index contributed by atoms with van der Waals surface area (Å²) in [6.45, 7) is 3.33. The summed E-state index contributed by atoms with van der Waals surface area (Å²) in [5.74, 6) is -0.862. The number of hydrogen-bond acceptors (Lipinski definition) is 4. The lowest BCUT2D eigenvalue weighted by Crippen LogP contribution is -2.43. The lowest BCUT2D eigenvalue weighted by atomic mass is 9.97. The van der Waals surface area contributed by atoms with Gasteiger partial charge in [-0.25, -0.2) is 4.39 Å². The van der Waals surface area contributed by atoms with Gasteiger partial charge in [0.25, 0.3) is 0 Å². The molecule has 1 saturated heterocycles. The molecule has 1 aliphatic heterocycles. The Balaban J connectivity index is 1.79. The number of carbonyl (C=O) groups is 2. The second-order valence-corrected chi connectivity index (χ2v) is 5.80. The first kappa shape index (κ1) is 17.5. The van der Waals surface area contributed by atoms with Crippen molar-refractivity contribution in [3.05, 3.63) is 29.0 Å². The molecule has 1 N–H and O–H groups in total. The van der Waals surface area contributed by atoms with E-state index in [0.717, 1.165) is 0 Å². The first-order valence-corrected chi connectivity index (χ1v) is 8.02. The third kappa shape index (κ3) is 4.82. The Kier molecular flexibility index (Phi) is 6.21. The van der Waals surface area contributed by atoms with E-state index in [1.807, 2.05) is 0 Å². The van der Waals surface area contributed by atoms with Crippen molar-refractivity contribution in [2.45, 2.75) is 19.8 Å². The van der Waals surface area contributed by atoms with Crippen LogP contribution >= 0.6 is 11.6 Å². The summed E-state index contributed by atoms with van der Waals surface area (Å²) < 4.78 is 18.1. The molecule has 0 aromatic heterocycles. The highest BCUT2D eigenvalue weighted by atomic mass is 35.5. The van der Waals surface area contributed by atoms with Crippen LogP contribution in [0.4, 0.5) is 10.1 Å². The van der Waals surface area contributed by atoms with Crippen molar-refractivity contribution in [3.8, 4) is 0 Å². The zero-order chi connectivity index (χ0) is 16.8. The van der Waals surface area contributed by atoms with E-state index in [-0.39, 0.29) is 29.4 Å². The number of benzene rings is 1. The summed E-state index contributed by atoms with van der Waals surface area (Å²) in [5, 5.41) is 2.94.